The van der Waals surface area contributed by atoms with Gasteiger partial charge in [0, 0.05) is 12.8 Å². The number of hydrogen-bond donors (Lipinski definition) is 0. The maximum absolute atomic E-state index is 11.0. The Bertz CT molecular complexity index is 187. The maximum atomic E-state index is 11.0. The molecule has 0 bridgehead atoms. The van der Waals surface area contributed by atoms with E-state index in [4.69, 9.17) is 0 Å². The molecule has 0 saturated carbocycles. The van der Waals surface area contributed by atoms with E-state index in [9.17, 15) is 4.79 Å². The number of carbonyl (C=O) groups is 1. The molecule has 0 aromatic rings. The SMILES string of the molecule is CC.CC1=CC(C)(C)CC(=O)C1. The normalized spacial score (nSPS) is 20.8. The Hall–Kier alpha value is -0.590. The molecule has 12 heavy (non-hydrogen) atoms. The van der Waals surface area contributed by atoms with Crippen molar-refractivity contribution in [2.24, 2.45) is 5.41 Å². The van der Waals surface area contributed by atoms with Crippen LogP contribution in [0, 0.1) is 5.41 Å². The first-order valence-corrected chi connectivity index (χ1v) is 4.70. The summed E-state index contributed by atoms with van der Waals surface area (Å²) in [5.41, 5.74) is 1.33. The zero-order chi connectivity index (χ0) is 9.78. The minimum Gasteiger partial charge on any atom is -0.299 e. The van der Waals surface area contributed by atoms with Crippen LogP contribution in [0.5, 0.6) is 0 Å². The first-order chi connectivity index (χ1) is 5.49. The van der Waals surface area contributed by atoms with E-state index in [1.165, 1.54) is 5.57 Å². The van der Waals surface area contributed by atoms with Gasteiger partial charge in [-0.15, -0.1) is 0 Å². The van der Waals surface area contributed by atoms with Crippen LogP contribution in [-0.2, 0) is 4.79 Å². The molecule has 0 spiro atoms. The van der Waals surface area contributed by atoms with Gasteiger partial charge in [0.1, 0.15) is 5.78 Å². The largest absolute Gasteiger partial charge is 0.299 e. The fourth-order valence-electron chi connectivity index (χ4n) is 1.65. The summed E-state index contributed by atoms with van der Waals surface area (Å²) in [5.74, 6) is 0.380. The molecule has 1 aliphatic rings. The molecule has 0 saturated heterocycles. The second-order valence-corrected chi connectivity index (χ2v) is 3.87. The molecule has 0 N–H and O–H groups in total. The summed E-state index contributed by atoms with van der Waals surface area (Å²) < 4.78 is 0. The second kappa shape index (κ2) is 4.44. The molecule has 70 valence electrons. The minimum absolute atomic E-state index is 0.111. The molecule has 1 rings (SSSR count). The molecule has 1 nitrogen and oxygen atoms in total. The number of hydrogen-bond acceptors (Lipinski definition) is 1. The van der Waals surface area contributed by atoms with Crippen LogP contribution in [0.15, 0.2) is 11.6 Å². The van der Waals surface area contributed by atoms with Crippen molar-refractivity contribution < 1.29 is 4.79 Å². The van der Waals surface area contributed by atoms with Crippen LogP contribution in [0.4, 0.5) is 0 Å². The standard InChI is InChI=1S/C9H14O.C2H6/c1-7-4-8(10)6-9(2,3)5-7;1-2/h5H,4,6H2,1-3H3;1-2H3. The second-order valence-electron chi connectivity index (χ2n) is 3.87. The molecule has 0 aromatic carbocycles. The summed E-state index contributed by atoms with van der Waals surface area (Å²) in [6.45, 7) is 10.2. The van der Waals surface area contributed by atoms with Crippen molar-refractivity contribution in [3.05, 3.63) is 11.6 Å². The van der Waals surface area contributed by atoms with Crippen molar-refractivity contribution in [1.82, 2.24) is 0 Å². The Morgan fingerprint density at radius 3 is 2.17 bits per heavy atom. The van der Waals surface area contributed by atoms with E-state index in [0.29, 0.717) is 18.6 Å². The van der Waals surface area contributed by atoms with Crippen LogP contribution in [0.2, 0.25) is 0 Å². The van der Waals surface area contributed by atoms with Gasteiger partial charge in [-0.05, 0) is 12.3 Å². The molecule has 1 heteroatoms. The fourth-order valence-corrected chi connectivity index (χ4v) is 1.65. The van der Waals surface area contributed by atoms with Crippen LogP contribution in [-0.4, -0.2) is 5.78 Å². The number of carbonyl (C=O) groups excluding carboxylic acids is 1. The molecule has 1 aliphatic carbocycles. The Morgan fingerprint density at radius 2 is 1.83 bits per heavy atom. The predicted molar refractivity (Wildman–Crippen MR) is 53.1 cm³/mol. The molecule has 0 atom stereocenters. The average molecular weight is 168 g/mol. The summed E-state index contributed by atoms with van der Waals surface area (Å²) >= 11 is 0. The van der Waals surface area contributed by atoms with Crippen molar-refractivity contribution >= 4 is 5.78 Å². The summed E-state index contributed by atoms with van der Waals surface area (Å²) in [5, 5.41) is 0. The van der Waals surface area contributed by atoms with E-state index in [2.05, 4.69) is 19.9 Å². The highest BCUT2D eigenvalue weighted by atomic mass is 16.1. The van der Waals surface area contributed by atoms with Crippen LogP contribution in [0.3, 0.4) is 0 Å². The van der Waals surface area contributed by atoms with Gasteiger partial charge in [0.05, 0.1) is 0 Å². The van der Waals surface area contributed by atoms with Crippen molar-refractivity contribution in [3.8, 4) is 0 Å². The number of allylic oxidation sites excluding steroid dienone is 2. The summed E-state index contributed by atoms with van der Waals surface area (Å²) in [7, 11) is 0. The highest BCUT2D eigenvalue weighted by molar-refractivity contribution is 5.82. The van der Waals surface area contributed by atoms with E-state index < -0.39 is 0 Å². The van der Waals surface area contributed by atoms with E-state index in [-0.39, 0.29) is 5.41 Å². The quantitative estimate of drug-likeness (QED) is 0.507. The Morgan fingerprint density at radius 1 is 1.33 bits per heavy atom. The van der Waals surface area contributed by atoms with Crippen LogP contribution in [0.25, 0.3) is 0 Å². The van der Waals surface area contributed by atoms with Gasteiger partial charge in [0.25, 0.3) is 0 Å². The first-order valence-electron chi connectivity index (χ1n) is 4.70. The average Bonchev–Trinajstić information content (AvgIpc) is 1.85. The van der Waals surface area contributed by atoms with Crippen molar-refractivity contribution in [3.63, 3.8) is 0 Å². The van der Waals surface area contributed by atoms with Gasteiger partial charge in [-0.3, -0.25) is 4.79 Å². The lowest BCUT2D eigenvalue weighted by Gasteiger charge is -2.24. The minimum atomic E-state index is 0.111. The fraction of sp³-hybridized carbons (Fsp3) is 0.727. The van der Waals surface area contributed by atoms with Gasteiger partial charge in [0.15, 0.2) is 0 Å². The Kier molecular flexibility index (Phi) is 4.22. The monoisotopic (exact) mass is 168 g/mol. The molecule has 0 unspecified atom stereocenters. The number of ketones is 1. The van der Waals surface area contributed by atoms with E-state index >= 15 is 0 Å². The molecular formula is C11H20O. The lowest BCUT2D eigenvalue weighted by molar-refractivity contribution is -0.120. The van der Waals surface area contributed by atoms with Gasteiger partial charge in [-0.25, -0.2) is 0 Å². The van der Waals surface area contributed by atoms with E-state index in [1.807, 2.05) is 20.8 Å². The topological polar surface area (TPSA) is 17.1 Å². The summed E-state index contributed by atoms with van der Waals surface area (Å²) in [6, 6.07) is 0. The molecule has 0 aliphatic heterocycles. The lowest BCUT2D eigenvalue weighted by Crippen LogP contribution is -2.19. The molecule has 0 heterocycles. The maximum Gasteiger partial charge on any atom is 0.137 e. The Labute approximate surface area is 75.9 Å². The van der Waals surface area contributed by atoms with Gasteiger partial charge in [-0.1, -0.05) is 39.3 Å². The van der Waals surface area contributed by atoms with Crippen molar-refractivity contribution in [2.75, 3.05) is 0 Å². The third kappa shape index (κ3) is 3.70. The van der Waals surface area contributed by atoms with Crippen LogP contribution >= 0.6 is 0 Å². The third-order valence-electron chi connectivity index (χ3n) is 1.77. The summed E-state index contributed by atoms with van der Waals surface area (Å²) in [4.78, 5) is 11.0. The van der Waals surface area contributed by atoms with Gasteiger partial charge in [0.2, 0.25) is 0 Å². The zero-order valence-electron chi connectivity index (χ0n) is 8.90. The van der Waals surface area contributed by atoms with E-state index in [1.54, 1.807) is 0 Å². The van der Waals surface area contributed by atoms with Gasteiger partial charge < -0.3 is 0 Å². The predicted octanol–water partition coefficient (Wildman–Crippen LogP) is 3.35. The van der Waals surface area contributed by atoms with Gasteiger partial charge in [-0.2, -0.15) is 0 Å². The highest BCUT2D eigenvalue weighted by Gasteiger charge is 2.23. The Balaban J connectivity index is 0.000000561. The highest BCUT2D eigenvalue weighted by Crippen LogP contribution is 2.30. The molecule has 0 radical (unpaired) electrons. The number of rotatable bonds is 0. The zero-order valence-corrected chi connectivity index (χ0v) is 8.90. The third-order valence-corrected chi connectivity index (χ3v) is 1.77. The van der Waals surface area contributed by atoms with Crippen molar-refractivity contribution in [1.29, 1.82) is 0 Å². The smallest absolute Gasteiger partial charge is 0.137 e. The van der Waals surface area contributed by atoms with Gasteiger partial charge >= 0.3 is 0 Å². The lowest BCUT2D eigenvalue weighted by atomic mass is 9.79. The summed E-state index contributed by atoms with van der Waals surface area (Å²) in [6.07, 6.45) is 3.59. The van der Waals surface area contributed by atoms with E-state index in [0.717, 1.165) is 0 Å². The molecule has 0 amide bonds. The molecule has 0 fully saturated rings. The van der Waals surface area contributed by atoms with Crippen molar-refractivity contribution in [2.45, 2.75) is 47.5 Å². The van der Waals surface area contributed by atoms with Crippen LogP contribution in [0.1, 0.15) is 47.5 Å². The van der Waals surface area contributed by atoms with Crippen LogP contribution < -0.4 is 0 Å². The molecule has 0 aromatic heterocycles. The number of Topliss-reactive ketones (excluding diaryl/α,β-unsaturated/α-hetero) is 1. The first kappa shape index (κ1) is 11.4. The molecular weight excluding hydrogens is 148 g/mol.